The van der Waals surface area contributed by atoms with Crippen LogP contribution in [0.1, 0.15) is 32.9 Å². The number of hydrogen-bond acceptors (Lipinski definition) is 3. The number of halogens is 1. The molecule has 0 aliphatic rings. The largest absolute Gasteiger partial charge is 0.363 e. The fourth-order valence-corrected chi connectivity index (χ4v) is 2.49. The van der Waals surface area contributed by atoms with Crippen molar-refractivity contribution in [3.05, 3.63) is 16.9 Å². The van der Waals surface area contributed by atoms with Crippen LogP contribution in [0.25, 0.3) is 0 Å². The average molecular weight is 332 g/mol. The van der Waals surface area contributed by atoms with E-state index in [0.717, 1.165) is 44.8 Å². The number of rotatable bonds is 9. The second-order valence-electron chi connectivity index (χ2n) is 4.74. The van der Waals surface area contributed by atoms with Gasteiger partial charge in [0.1, 0.15) is 0 Å². The molecule has 7 heteroatoms. The topological polar surface area (TPSA) is 45.1 Å². The van der Waals surface area contributed by atoms with Crippen LogP contribution >= 0.6 is 23.8 Å². The Morgan fingerprint density at radius 2 is 2.05 bits per heavy atom. The summed E-state index contributed by atoms with van der Waals surface area (Å²) in [6.45, 7) is 12.0. The maximum Gasteiger partial charge on any atom is 0.166 e. The number of aromatic nitrogens is 2. The van der Waals surface area contributed by atoms with E-state index in [1.165, 1.54) is 0 Å². The third-order valence-corrected chi connectivity index (χ3v) is 4.05. The molecule has 21 heavy (non-hydrogen) atoms. The molecule has 0 aromatic carbocycles. The third-order valence-electron chi connectivity index (χ3n) is 3.44. The number of nitrogens with zero attached hydrogens (tertiary/aromatic N) is 3. The van der Waals surface area contributed by atoms with Gasteiger partial charge in [-0.3, -0.25) is 4.68 Å². The highest BCUT2D eigenvalue weighted by molar-refractivity contribution is 7.80. The fourth-order valence-electron chi connectivity index (χ4n) is 2.11. The number of thiocarbonyl (C=S) groups is 1. The van der Waals surface area contributed by atoms with E-state index >= 15 is 0 Å². The zero-order chi connectivity index (χ0) is 15.7. The molecular formula is C14H26ClN5S. The van der Waals surface area contributed by atoms with Crippen molar-refractivity contribution in [3.8, 4) is 0 Å². The highest BCUT2D eigenvalue weighted by Crippen LogP contribution is 2.14. The Morgan fingerprint density at radius 3 is 2.67 bits per heavy atom. The Kier molecular flexibility index (Phi) is 8.64. The molecule has 0 atom stereocenters. The first-order chi connectivity index (χ1) is 10.1. The van der Waals surface area contributed by atoms with E-state index in [0.29, 0.717) is 16.7 Å². The zero-order valence-corrected chi connectivity index (χ0v) is 14.7. The van der Waals surface area contributed by atoms with Crippen LogP contribution in [-0.4, -0.2) is 46.0 Å². The second kappa shape index (κ2) is 9.97. The van der Waals surface area contributed by atoms with Gasteiger partial charge in [0.05, 0.1) is 23.5 Å². The van der Waals surface area contributed by atoms with Crippen molar-refractivity contribution >= 4 is 28.9 Å². The smallest absolute Gasteiger partial charge is 0.166 e. The molecule has 0 saturated heterocycles. The Balaban J connectivity index is 2.24. The highest BCUT2D eigenvalue weighted by atomic mass is 35.5. The van der Waals surface area contributed by atoms with E-state index in [4.69, 9.17) is 23.8 Å². The molecule has 0 fully saturated rings. The van der Waals surface area contributed by atoms with E-state index in [1.807, 2.05) is 11.6 Å². The normalized spacial score (nSPS) is 10.9. The maximum atomic E-state index is 6.11. The van der Waals surface area contributed by atoms with Gasteiger partial charge in [0.2, 0.25) is 0 Å². The highest BCUT2D eigenvalue weighted by Gasteiger charge is 2.08. The van der Waals surface area contributed by atoms with Crippen LogP contribution < -0.4 is 10.6 Å². The average Bonchev–Trinajstić information content (AvgIpc) is 2.85. The molecule has 0 unspecified atom stereocenters. The zero-order valence-electron chi connectivity index (χ0n) is 13.2. The second-order valence-corrected chi connectivity index (χ2v) is 5.56. The lowest BCUT2D eigenvalue weighted by molar-refractivity contribution is 0.300. The van der Waals surface area contributed by atoms with Gasteiger partial charge in [-0.15, -0.1) is 0 Å². The minimum absolute atomic E-state index is 0.592. The predicted octanol–water partition coefficient (Wildman–Crippen LogP) is 2.25. The van der Waals surface area contributed by atoms with E-state index in [1.54, 1.807) is 6.20 Å². The fraction of sp³-hybridized carbons (Fsp3) is 0.714. The first kappa shape index (κ1) is 18.2. The molecule has 2 N–H and O–H groups in total. The van der Waals surface area contributed by atoms with E-state index in [2.05, 4.69) is 34.5 Å². The molecule has 1 aromatic rings. The summed E-state index contributed by atoms with van der Waals surface area (Å²) in [6, 6.07) is 0. The molecule has 0 spiro atoms. The summed E-state index contributed by atoms with van der Waals surface area (Å²) in [4.78, 5) is 2.40. The first-order valence-electron chi connectivity index (χ1n) is 7.56. The minimum Gasteiger partial charge on any atom is -0.363 e. The molecule has 1 aromatic heterocycles. The molecule has 0 amide bonds. The van der Waals surface area contributed by atoms with E-state index < -0.39 is 0 Å². The Hall–Kier alpha value is -0.850. The molecule has 0 bridgehead atoms. The van der Waals surface area contributed by atoms with Gasteiger partial charge in [0, 0.05) is 13.1 Å². The Bertz CT molecular complexity index is 431. The molecule has 1 rings (SSSR count). The van der Waals surface area contributed by atoms with Crippen molar-refractivity contribution in [2.24, 2.45) is 0 Å². The Morgan fingerprint density at radius 1 is 1.33 bits per heavy atom. The quantitative estimate of drug-likeness (QED) is 0.537. The number of aryl methyl sites for hydroxylation is 1. The van der Waals surface area contributed by atoms with Gasteiger partial charge in [-0.25, -0.2) is 0 Å². The summed E-state index contributed by atoms with van der Waals surface area (Å²) in [7, 11) is 0. The minimum atomic E-state index is 0.592. The molecule has 120 valence electrons. The Labute approximate surface area is 138 Å². The van der Waals surface area contributed by atoms with Crippen LogP contribution in [0.2, 0.25) is 5.02 Å². The van der Waals surface area contributed by atoms with E-state index in [9.17, 15) is 0 Å². The van der Waals surface area contributed by atoms with Crippen molar-refractivity contribution in [2.75, 3.05) is 26.2 Å². The van der Waals surface area contributed by atoms with Gasteiger partial charge >= 0.3 is 0 Å². The summed E-state index contributed by atoms with van der Waals surface area (Å²) >= 11 is 11.4. The number of nitrogens with one attached hydrogen (secondary N) is 2. The molecule has 1 heterocycles. The lowest BCUT2D eigenvalue weighted by Crippen LogP contribution is -2.37. The van der Waals surface area contributed by atoms with Crippen LogP contribution in [0.4, 0.5) is 0 Å². The third kappa shape index (κ3) is 6.20. The molecule has 5 nitrogen and oxygen atoms in total. The van der Waals surface area contributed by atoms with Crippen LogP contribution in [0.15, 0.2) is 6.20 Å². The standard InChI is InChI=1S/C14H26ClN5S/c1-4-19(5-2)9-7-8-16-14(21)17-11-13-12(15)10-18-20(13)6-3/h10H,4-9,11H2,1-3H3,(H2,16,17,21). The molecule has 0 saturated carbocycles. The molecular weight excluding hydrogens is 306 g/mol. The predicted molar refractivity (Wildman–Crippen MR) is 92.8 cm³/mol. The van der Waals surface area contributed by atoms with Crippen molar-refractivity contribution in [2.45, 2.75) is 40.3 Å². The van der Waals surface area contributed by atoms with Crippen LogP contribution in [0, 0.1) is 0 Å². The lowest BCUT2D eigenvalue weighted by atomic mass is 10.3. The summed E-state index contributed by atoms with van der Waals surface area (Å²) in [5.41, 5.74) is 0.964. The van der Waals surface area contributed by atoms with Crippen LogP contribution in [0.3, 0.4) is 0 Å². The SMILES string of the molecule is CCN(CC)CCCNC(=S)NCc1c(Cl)cnn1CC. The molecule has 0 radical (unpaired) electrons. The number of hydrogen-bond donors (Lipinski definition) is 2. The van der Waals surface area contributed by atoms with Gasteiger partial charge in [-0.05, 0) is 45.2 Å². The summed E-state index contributed by atoms with van der Waals surface area (Å²) in [5.74, 6) is 0. The van der Waals surface area contributed by atoms with Crippen LogP contribution in [-0.2, 0) is 13.1 Å². The summed E-state index contributed by atoms with van der Waals surface area (Å²) in [5, 5.41) is 11.9. The maximum absolute atomic E-state index is 6.11. The van der Waals surface area contributed by atoms with Gasteiger partial charge in [-0.1, -0.05) is 25.4 Å². The van der Waals surface area contributed by atoms with Gasteiger partial charge in [0.25, 0.3) is 0 Å². The van der Waals surface area contributed by atoms with Gasteiger partial charge < -0.3 is 15.5 Å². The summed E-state index contributed by atoms with van der Waals surface area (Å²) in [6.07, 6.45) is 2.75. The van der Waals surface area contributed by atoms with Gasteiger partial charge in [-0.2, -0.15) is 5.10 Å². The van der Waals surface area contributed by atoms with Crippen molar-refractivity contribution in [1.29, 1.82) is 0 Å². The van der Waals surface area contributed by atoms with Crippen molar-refractivity contribution < 1.29 is 0 Å². The first-order valence-corrected chi connectivity index (χ1v) is 8.35. The van der Waals surface area contributed by atoms with E-state index in [-0.39, 0.29) is 0 Å². The monoisotopic (exact) mass is 331 g/mol. The molecule has 0 aliphatic carbocycles. The molecule has 0 aliphatic heterocycles. The van der Waals surface area contributed by atoms with Gasteiger partial charge in [0.15, 0.2) is 5.11 Å². The van der Waals surface area contributed by atoms with Crippen molar-refractivity contribution in [1.82, 2.24) is 25.3 Å². The van der Waals surface area contributed by atoms with Crippen LogP contribution in [0.5, 0.6) is 0 Å². The summed E-state index contributed by atoms with van der Waals surface area (Å²) < 4.78 is 1.87. The lowest BCUT2D eigenvalue weighted by Gasteiger charge is -2.18. The van der Waals surface area contributed by atoms with Crippen molar-refractivity contribution in [3.63, 3.8) is 0 Å².